The molecule has 3 N–H and O–H groups in total. The first kappa shape index (κ1) is 12.2. The molecule has 0 amide bonds. The van der Waals surface area contributed by atoms with Crippen molar-refractivity contribution in [3.05, 3.63) is 35.0 Å². The van der Waals surface area contributed by atoms with Gasteiger partial charge < -0.3 is 15.4 Å². The van der Waals surface area contributed by atoms with Gasteiger partial charge in [0.2, 0.25) is 0 Å². The van der Waals surface area contributed by atoms with Crippen molar-refractivity contribution in [2.45, 2.75) is 38.8 Å². The van der Waals surface area contributed by atoms with Crippen LogP contribution in [0.1, 0.15) is 35.7 Å². The molecule has 1 aliphatic rings. The largest absolute Gasteiger partial charge is 0.481 e. The summed E-state index contributed by atoms with van der Waals surface area (Å²) in [7, 11) is 0. The van der Waals surface area contributed by atoms with Gasteiger partial charge in [-0.2, -0.15) is 0 Å². The molecule has 1 aliphatic heterocycles. The zero-order chi connectivity index (χ0) is 13.6. The molecule has 0 bridgehead atoms. The third-order valence-electron chi connectivity index (χ3n) is 3.95. The fraction of sp³-hybridized carbons (Fsp3) is 0.400. The van der Waals surface area contributed by atoms with Gasteiger partial charge in [0.25, 0.3) is 0 Å². The van der Waals surface area contributed by atoms with Crippen molar-refractivity contribution >= 4 is 16.9 Å². The van der Waals surface area contributed by atoms with Crippen LogP contribution in [0.5, 0.6) is 0 Å². The lowest BCUT2D eigenvalue weighted by molar-refractivity contribution is -0.137. The Hall–Kier alpha value is -1.81. The molecule has 0 fully saturated rings. The fourth-order valence-corrected chi connectivity index (χ4v) is 3.09. The summed E-state index contributed by atoms with van der Waals surface area (Å²) in [5.41, 5.74) is 10.8. The smallest absolute Gasteiger partial charge is 0.305 e. The maximum absolute atomic E-state index is 10.8. The van der Waals surface area contributed by atoms with E-state index in [1.165, 1.54) is 22.2 Å². The monoisotopic (exact) mass is 258 g/mol. The number of rotatable bonds is 3. The maximum atomic E-state index is 10.8. The molecule has 0 aliphatic carbocycles. The van der Waals surface area contributed by atoms with Crippen molar-refractivity contribution < 1.29 is 9.90 Å². The number of aryl methyl sites for hydroxylation is 3. The minimum absolute atomic E-state index is 0.0232. The van der Waals surface area contributed by atoms with E-state index in [-0.39, 0.29) is 6.42 Å². The zero-order valence-electron chi connectivity index (χ0n) is 11.0. The second-order valence-corrected chi connectivity index (χ2v) is 5.36. The van der Waals surface area contributed by atoms with Crippen molar-refractivity contribution in [1.29, 1.82) is 0 Å². The second kappa shape index (κ2) is 4.38. The van der Waals surface area contributed by atoms with Gasteiger partial charge in [-0.05, 0) is 43.0 Å². The molecule has 0 saturated carbocycles. The van der Waals surface area contributed by atoms with Crippen molar-refractivity contribution in [2.75, 3.05) is 0 Å². The van der Waals surface area contributed by atoms with Crippen LogP contribution < -0.4 is 5.73 Å². The molecule has 19 heavy (non-hydrogen) atoms. The molecule has 1 aromatic heterocycles. The molecule has 4 nitrogen and oxygen atoms in total. The van der Waals surface area contributed by atoms with Gasteiger partial charge >= 0.3 is 5.97 Å². The molecule has 4 heteroatoms. The molecule has 3 rings (SSSR count). The van der Waals surface area contributed by atoms with Gasteiger partial charge in [0.05, 0.1) is 11.9 Å². The molecule has 0 spiro atoms. The van der Waals surface area contributed by atoms with E-state index in [1.54, 1.807) is 0 Å². The molecule has 2 aromatic rings. The van der Waals surface area contributed by atoms with Crippen molar-refractivity contribution in [3.63, 3.8) is 0 Å². The molecule has 1 aromatic carbocycles. The lowest BCUT2D eigenvalue weighted by atomic mass is 9.96. The number of nitrogens with two attached hydrogens (primary N) is 1. The number of carboxylic acid groups (broad SMARTS) is 1. The SMILES string of the molecule is Cc1cc2cc(C(N)CC(=O)O)cc3c2n1CCC3. The van der Waals surface area contributed by atoms with Gasteiger partial charge in [-0.1, -0.05) is 6.07 Å². The average molecular weight is 258 g/mol. The number of aromatic nitrogens is 1. The molecule has 100 valence electrons. The molecule has 1 unspecified atom stereocenters. The Bertz CT molecular complexity index is 658. The highest BCUT2D eigenvalue weighted by molar-refractivity contribution is 5.86. The summed E-state index contributed by atoms with van der Waals surface area (Å²) in [6.45, 7) is 3.19. The van der Waals surface area contributed by atoms with Crippen molar-refractivity contribution in [1.82, 2.24) is 4.57 Å². The van der Waals surface area contributed by atoms with Crippen LogP contribution in [0, 0.1) is 6.92 Å². The number of benzene rings is 1. The number of carboxylic acids is 1. The summed E-state index contributed by atoms with van der Waals surface area (Å²) < 4.78 is 2.35. The summed E-state index contributed by atoms with van der Waals surface area (Å²) in [4.78, 5) is 10.8. The van der Waals surface area contributed by atoms with E-state index < -0.39 is 12.0 Å². The first-order valence-electron chi connectivity index (χ1n) is 6.66. The van der Waals surface area contributed by atoms with Crippen LogP contribution in [0.2, 0.25) is 0 Å². The first-order valence-corrected chi connectivity index (χ1v) is 6.66. The Morgan fingerprint density at radius 1 is 1.47 bits per heavy atom. The predicted octanol–water partition coefficient (Wildman–Crippen LogP) is 2.37. The Morgan fingerprint density at radius 3 is 3.00 bits per heavy atom. The first-order chi connectivity index (χ1) is 9.06. The van der Waals surface area contributed by atoms with Crippen LogP contribution in [-0.2, 0) is 17.8 Å². The van der Waals surface area contributed by atoms with Gasteiger partial charge in [0.15, 0.2) is 0 Å². The summed E-state index contributed by atoms with van der Waals surface area (Å²) in [5, 5.41) is 10.0. The Balaban J connectivity index is 2.12. The van der Waals surface area contributed by atoms with E-state index in [0.717, 1.165) is 24.9 Å². The second-order valence-electron chi connectivity index (χ2n) is 5.36. The topological polar surface area (TPSA) is 68.2 Å². The number of carbonyl (C=O) groups is 1. The third kappa shape index (κ3) is 2.02. The van der Waals surface area contributed by atoms with E-state index >= 15 is 0 Å². The number of hydrogen-bond donors (Lipinski definition) is 2. The standard InChI is InChI=1S/C15H18N2O2/c1-9-5-12-7-11(13(16)8-14(18)19)6-10-3-2-4-17(9)15(10)12/h5-7,13H,2-4,8,16H2,1H3,(H,18,19). The molecule has 2 heterocycles. The summed E-state index contributed by atoms with van der Waals surface area (Å²) >= 11 is 0. The van der Waals surface area contributed by atoms with Gasteiger partial charge in [-0.15, -0.1) is 0 Å². The van der Waals surface area contributed by atoms with Crippen molar-refractivity contribution in [2.24, 2.45) is 5.73 Å². The maximum Gasteiger partial charge on any atom is 0.305 e. The van der Waals surface area contributed by atoms with E-state index in [9.17, 15) is 4.79 Å². The molecule has 1 atom stereocenters. The van der Waals surface area contributed by atoms with Gasteiger partial charge in [-0.3, -0.25) is 4.79 Å². The Kier molecular flexibility index (Phi) is 2.82. The van der Waals surface area contributed by atoms with E-state index in [2.05, 4.69) is 23.6 Å². The van der Waals surface area contributed by atoms with Crippen molar-refractivity contribution in [3.8, 4) is 0 Å². The number of aliphatic carboxylic acids is 1. The highest BCUT2D eigenvalue weighted by Crippen LogP contribution is 2.31. The quantitative estimate of drug-likeness (QED) is 0.888. The average Bonchev–Trinajstić information content (AvgIpc) is 2.67. The van der Waals surface area contributed by atoms with E-state index in [1.807, 2.05) is 6.07 Å². The number of hydrogen-bond acceptors (Lipinski definition) is 2. The van der Waals surface area contributed by atoms with Gasteiger partial charge in [-0.25, -0.2) is 0 Å². The minimum atomic E-state index is -0.852. The fourth-order valence-electron chi connectivity index (χ4n) is 3.09. The summed E-state index contributed by atoms with van der Waals surface area (Å²) in [6.07, 6.45) is 2.16. The summed E-state index contributed by atoms with van der Waals surface area (Å²) in [6, 6.07) is 5.87. The molecule has 0 radical (unpaired) electrons. The number of nitrogens with zero attached hydrogens (tertiary/aromatic N) is 1. The van der Waals surface area contributed by atoms with Crippen LogP contribution in [0.3, 0.4) is 0 Å². The highest BCUT2D eigenvalue weighted by Gasteiger charge is 2.18. The molecular formula is C15H18N2O2. The van der Waals surface area contributed by atoms with Crippen LogP contribution in [0.25, 0.3) is 10.9 Å². The van der Waals surface area contributed by atoms with Crippen LogP contribution in [0.4, 0.5) is 0 Å². The third-order valence-corrected chi connectivity index (χ3v) is 3.95. The minimum Gasteiger partial charge on any atom is -0.481 e. The lowest BCUT2D eigenvalue weighted by Gasteiger charge is -2.19. The highest BCUT2D eigenvalue weighted by atomic mass is 16.4. The Morgan fingerprint density at radius 2 is 2.26 bits per heavy atom. The van der Waals surface area contributed by atoms with E-state index in [4.69, 9.17) is 10.8 Å². The Labute approximate surface area is 111 Å². The zero-order valence-corrected chi connectivity index (χ0v) is 11.0. The molecule has 0 saturated heterocycles. The van der Waals surface area contributed by atoms with Crippen LogP contribution >= 0.6 is 0 Å². The normalized spacial score (nSPS) is 15.7. The van der Waals surface area contributed by atoms with Gasteiger partial charge in [0.1, 0.15) is 0 Å². The van der Waals surface area contributed by atoms with Crippen LogP contribution in [0.15, 0.2) is 18.2 Å². The predicted molar refractivity (Wildman–Crippen MR) is 74.2 cm³/mol. The van der Waals surface area contributed by atoms with Gasteiger partial charge in [0, 0.05) is 23.7 Å². The summed E-state index contributed by atoms with van der Waals surface area (Å²) in [5.74, 6) is -0.852. The van der Waals surface area contributed by atoms with E-state index in [0.29, 0.717) is 0 Å². The molecular weight excluding hydrogens is 240 g/mol. The van der Waals surface area contributed by atoms with Crippen LogP contribution in [-0.4, -0.2) is 15.6 Å². The lowest BCUT2D eigenvalue weighted by Crippen LogP contribution is -2.16.